The Morgan fingerprint density at radius 2 is 2.00 bits per heavy atom. The fourth-order valence-corrected chi connectivity index (χ4v) is 2.20. The molecular weight excluding hydrogens is 294 g/mol. The van der Waals surface area contributed by atoms with Crippen molar-refractivity contribution in [2.24, 2.45) is 0 Å². The van der Waals surface area contributed by atoms with Gasteiger partial charge in [-0.1, -0.05) is 18.2 Å². The third-order valence-electron chi connectivity index (χ3n) is 3.30. The van der Waals surface area contributed by atoms with Gasteiger partial charge in [-0.3, -0.25) is 9.20 Å². The first-order valence-electron chi connectivity index (χ1n) is 6.97. The summed E-state index contributed by atoms with van der Waals surface area (Å²) in [6.07, 6.45) is 1.93. The summed E-state index contributed by atoms with van der Waals surface area (Å²) >= 11 is 0. The summed E-state index contributed by atoms with van der Waals surface area (Å²) in [5.74, 6) is -0.344. The Bertz CT molecular complexity index is 947. The molecule has 3 aromatic rings. The predicted molar refractivity (Wildman–Crippen MR) is 83.8 cm³/mol. The minimum atomic E-state index is -0.361. The molecule has 7 heteroatoms. The van der Waals surface area contributed by atoms with Crippen molar-refractivity contribution in [2.75, 3.05) is 5.32 Å². The second kappa shape index (κ2) is 6.15. The molecule has 114 valence electrons. The molecule has 7 nitrogen and oxygen atoms in total. The van der Waals surface area contributed by atoms with Crippen molar-refractivity contribution in [1.82, 2.24) is 14.2 Å². The van der Waals surface area contributed by atoms with Crippen LogP contribution in [0.5, 0.6) is 0 Å². The highest BCUT2D eigenvalue weighted by atomic mass is 16.2. The summed E-state index contributed by atoms with van der Waals surface area (Å²) in [5.41, 5.74) is 1.61. The second-order valence-electron chi connectivity index (χ2n) is 4.95. The lowest BCUT2D eigenvalue weighted by molar-refractivity contribution is -0.117. The number of nitrogens with zero attached hydrogens (tertiary/aromatic N) is 4. The molecule has 0 fully saturated rings. The average Bonchev–Trinajstić information content (AvgIpc) is 2.86. The van der Waals surface area contributed by atoms with Crippen molar-refractivity contribution in [2.45, 2.75) is 13.0 Å². The Labute approximate surface area is 131 Å². The molecule has 0 spiro atoms. The van der Waals surface area contributed by atoms with Gasteiger partial charge in [-0.2, -0.15) is 5.26 Å². The number of nitrogens with one attached hydrogen (secondary N) is 1. The lowest BCUT2D eigenvalue weighted by Crippen LogP contribution is -2.28. The lowest BCUT2D eigenvalue weighted by Gasteiger charge is -2.05. The average molecular weight is 307 g/mol. The first-order valence-corrected chi connectivity index (χ1v) is 6.97. The van der Waals surface area contributed by atoms with E-state index in [-0.39, 0.29) is 18.1 Å². The number of carbonyl (C=O) groups excluding carboxylic acids is 1. The second-order valence-corrected chi connectivity index (χ2v) is 4.95. The van der Waals surface area contributed by atoms with Gasteiger partial charge < -0.3 is 5.32 Å². The van der Waals surface area contributed by atoms with E-state index in [0.29, 0.717) is 17.8 Å². The molecule has 1 N–H and O–H groups in total. The maximum Gasteiger partial charge on any atom is 0.350 e. The van der Waals surface area contributed by atoms with Crippen LogP contribution in [-0.2, 0) is 17.8 Å². The van der Waals surface area contributed by atoms with Gasteiger partial charge in [-0.15, -0.1) is 5.10 Å². The monoisotopic (exact) mass is 307 g/mol. The molecular formula is C16H13N5O2. The maximum atomic E-state index is 12.1. The highest BCUT2D eigenvalue weighted by Gasteiger charge is 2.10. The molecule has 0 bridgehead atoms. The zero-order valence-corrected chi connectivity index (χ0v) is 12.1. The molecule has 0 saturated carbocycles. The zero-order chi connectivity index (χ0) is 16.2. The summed E-state index contributed by atoms with van der Waals surface area (Å²) in [7, 11) is 0. The van der Waals surface area contributed by atoms with E-state index in [1.54, 1.807) is 48.7 Å². The molecule has 0 radical (unpaired) electrons. The van der Waals surface area contributed by atoms with E-state index in [0.717, 1.165) is 10.2 Å². The fraction of sp³-hybridized carbons (Fsp3) is 0.125. The molecule has 0 atom stereocenters. The van der Waals surface area contributed by atoms with Crippen LogP contribution in [0.25, 0.3) is 5.65 Å². The van der Waals surface area contributed by atoms with Crippen molar-refractivity contribution in [3.05, 3.63) is 64.7 Å². The Kier molecular flexibility index (Phi) is 3.89. The van der Waals surface area contributed by atoms with E-state index in [1.807, 2.05) is 0 Å². The van der Waals surface area contributed by atoms with Crippen molar-refractivity contribution in [3.63, 3.8) is 0 Å². The number of nitriles is 1. The van der Waals surface area contributed by atoms with Gasteiger partial charge in [0.15, 0.2) is 5.65 Å². The molecule has 0 aliphatic heterocycles. The third-order valence-corrected chi connectivity index (χ3v) is 3.30. The summed E-state index contributed by atoms with van der Waals surface area (Å²) in [5, 5.41) is 15.4. The quantitative estimate of drug-likeness (QED) is 0.784. The van der Waals surface area contributed by atoms with Crippen LogP contribution in [0.3, 0.4) is 0 Å². The summed E-state index contributed by atoms with van der Waals surface area (Å²) in [4.78, 5) is 24.1. The van der Waals surface area contributed by atoms with Gasteiger partial charge in [-0.25, -0.2) is 9.48 Å². The van der Waals surface area contributed by atoms with Crippen molar-refractivity contribution in [3.8, 4) is 6.07 Å². The number of anilines is 1. The first kappa shape index (κ1) is 14.5. The molecule has 0 unspecified atom stereocenters. The number of benzene rings is 1. The molecule has 23 heavy (non-hydrogen) atoms. The number of rotatable bonds is 4. The van der Waals surface area contributed by atoms with Crippen LogP contribution in [0.1, 0.15) is 5.56 Å². The van der Waals surface area contributed by atoms with Gasteiger partial charge in [0.05, 0.1) is 12.5 Å². The Balaban J connectivity index is 1.72. The van der Waals surface area contributed by atoms with Gasteiger partial charge in [0.1, 0.15) is 6.54 Å². The Morgan fingerprint density at radius 3 is 2.70 bits per heavy atom. The van der Waals surface area contributed by atoms with Crippen molar-refractivity contribution in [1.29, 1.82) is 5.26 Å². The standard InChI is InChI=1S/C16H13N5O2/c17-9-8-12-4-6-13(7-5-12)18-15(22)11-21-16(23)20-10-2-1-3-14(20)19-21/h1-7,10H,8,11H2,(H,18,22). The smallest absolute Gasteiger partial charge is 0.324 e. The van der Waals surface area contributed by atoms with E-state index in [2.05, 4.69) is 16.5 Å². The van der Waals surface area contributed by atoms with Crippen LogP contribution < -0.4 is 11.0 Å². The lowest BCUT2D eigenvalue weighted by atomic mass is 10.1. The van der Waals surface area contributed by atoms with Crippen LogP contribution in [0.4, 0.5) is 5.69 Å². The third kappa shape index (κ3) is 3.11. The van der Waals surface area contributed by atoms with Gasteiger partial charge in [0.2, 0.25) is 5.91 Å². The molecule has 0 aliphatic carbocycles. The topological polar surface area (TPSA) is 92.2 Å². The van der Waals surface area contributed by atoms with E-state index >= 15 is 0 Å². The van der Waals surface area contributed by atoms with Crippen molar-refractivity contribution < 1.29 is 4.79 Å². The van der Waals surface area contributed by atoms with Gasteiger partial charge in [0, 0.05) is 11.9 Å². The number of amides is 1. The largest absolute Gasteiger partial charge is 0.350 e. The number of hydrogen-bond acceptors (Lipinski definition) is 4. The molecule has 1 aromatic carbocycles. The zero-order valence-electron chi connectivity index (χ0n) is 12.1. The molecule has 2 aromatic heterocycles. The van der Waals surface area contributed by atoms with Crippen molar-refractivity contribution >= 4 is 17.2 Å². The number of hydrogen-bond donors (Lipinski definition) is 1. The van der Waals surface area contributed by atoms with Crippen LogP contribution in [0, 0.1) is 11.3 Å². The molecule has 3 rings (SSSR count). The number of pyridine rings is 1. The van der Waals surface area contributed by atoms with Gasteiger partial charge in [-0.05, 0) is 29.8 Å². The van der Waals surface area contributed by atoms with Gasteiger partial charge >= 0.3 is 5.69 Å². The fourth-order valence-electron chi connectivity index (χ4n) is 2.20. The summed E-state index contributed by atoms with van der Waals surface area (Å²) in [6, 6.07) is 14.2. The molecule has 1 amide bonds. The van der Waals surface area contributed by atoms with Gasteiger partial charge in [0.25, 0.3) is 0 Å². The first-order chi connectivity index (χ1) is 11.2. The van der Waals surface area contributed by atoms with E-state index in [1.165, 1.54) is 4.40 Å². The van der Waals surface area contributed by atoms with Crippen LogP contribution in [0.15, 0.2) is 53.5 Å². The summed E-state index contributed by atoms with van der Waals surface area (Å²) in [6.45, 7) is -0.166. The van der Waals surface area contributed by atoms with Crippen LogP contribution in [0.2, 0.25) is 0 Å². The number of carbonyl (C=O) groups is 1. The number of fused-ring (bicyclic) bond motifs is 1. The van der Waals surface area contributed by atoms with Crippen LogP contribution in [-0.4, -0.2) is 20.1 Å². The Morgan fingerprint density at radius 1 is 1.22 bits per heavy atom. The maximum absolute atomic E-state index is 12.1. The minimum absolute atomic E-state index is 0.166. The molecule has 2 heterocycles. The molecule has 0 saturated heterocycles. The minimum Gasteiger partial charge on any atom is -0.324 e. The number of aromatic nitrogens is 3. The highest BCUT2D eigenvalue weighted by molar-refractivity contribution is 5.90. The molecule has 0 aliphatic rings. The SMILES string of the molecule is N#CCc1ccc(NC(=O)Cn2nc3ccccn3c2=O)cc1. The highest BCUT2D eigenvalue weighted by Crippen LogP contribution is 2.09. The summed E-state index contributed by atoms with van der Waals surface area (Å²) < 4.78 is 2.50. The van der Waals surface area contributed by atoms with E-state index in [4.69, 9.17) is 5.26 Å². The van der Waals surface area contributed by atoms with E-state index < -0.39 is 0 Å². The normalized spacial score (nSPS) is 10.4. The van der Waals surface area contributed by atoms with Crippen LogP contribution >= 0.6 is 0 Å². The predicted octanol–water partition coefficient (Wildman–Crippen LogP) is 1.20. The van der Waals surface area contributed by atoms with E-state index in [9.17, 15) is 9.59 Å². The Hall–Kier alpha value is -3.40.